The van der Waals surface area contributed by atoms with Crippen molar-refractivity contribution >= 4 is 0 Å². The zero-order valence-electron chi connectivity index (χ0n) is 8.38. The van der Waals surface area contributed by atoms with Crippen LogP contribution in [0.4, 0.5) is 0 Å². The van der Waals surface area contributed by atoms with Crippen molar-refractivity contribution in [1.29, 1.82) is 0 Å². The highest BCUT2D eigenvalue weighted by Crippen LogP contribution is 2.23. The van der Waals surface area contributed by atoms with E-state index in [2.05, 4.69) is 10.3 Å². The Balaban J connectivity index is 2.54. The summed E-state index contributed by atoms with van der Waals surface area (Å²) < 4.78 is 1.64. The number of aromatic nitrogens is 3. The first-order valence-electron chi connectivity index (χ1n) is 4.60. The first-order valence-corrected chi connectivity index (χ1v) is 4.60. The largest absolute Gasteiger partial charge is 0.508 e. The molecule has 0 aliphatic carbocycles. The number of aromatic hydroxyl groups is 1. The van der Waals surface area contributed by atoms with Crippen LogP contribution in [0.1, 0.15) is 5.69 Å². The third kappa shape index (κ3) is 1.69. The van der Waals surface area contributed by atoms with Gasteiger partial charge in [-0.15, -0.1) is 5.10 Å². The molecular weight excluding hydrogens is 192 g/mol. The van der Waals surface area contributed by atoms with Gasteiger partial charge < -0.3 is 10.8 Å². The molecule has 5 heteroatoms. The minimum Gasteiger partial charge on any atom is -0.508 e. The van der Waals surface area contributed by atoms with Crippen molar-refractivity contribution in [2.75, 3.05) is 0 Å². The molecule has 0 saturated heterocycles. The van der Waals surface area contributed by atoms with Crippen LogP contribution in [0.15, 0.2) is 24.3 Å². The van der Waals surface area contributed by atoms with Gasteiger partial charge in [0.2, 0.25) is 0 Å². The fourth-order valence-corrected chi connectivity index (χ4v) is 1.48. The lowest BCUT2D eigenvalue weighted by Crippen LogP contribution is -2.05. The molecule has 78 valence electrons. The van der Waals surface area contributed by atoms with Gasteiger partial charge in [0.15, 0.2) is 0 Å². The Kier molecular flexibility index (Phi) is 2.39. The van der Waals surface area contributed by atoms with Gasteiger partial charge >= 0.3 is 0 Å². The van der Waals surface area contributed by atoms with Crippen LogP contribution in [0, 0.1) is 0 Å². The van der Waals surface area contributed by atoms with Gasteiger partial charge in [0.1, 0.15) is 11.4 Å². The van der Waals surface area contributed by atoms with Gasteiger partial charge in [-0.05, 0) is 12.1 Å². The Bertz CT molecular complexity index is 478. The third-order valence-corrected chi connectivity index (χ3v) is 2.26. The van der Waals surface area contributed by atoms with Crippen molar-refractivity contribution in [2.24, 2.45) is 12.8 Å². The fourth-order valence-electron chi connectivity index (χ4n) is 1.48. The SMILES string of the molecule is Cn1nnc(-c2cccc(O)c2)c1CN. The number of nitrogens with two attached hydrogens (primary N) is 1. The Morgan fingerprint density at radius 2 is 2.27 bits per heavy atom. The van der Waals surface area contributed by atoms with Gasteiger partial charge in [-0.1, -0.05) is 17.3 Å². The maximum atomic E-state index is 9.36. The van der Waals surface area contributed by atoms with E-state index in [1.165, 1.54) is 0 Å². The van der Waals surface area contributed by atoms with Crippen LogP contribution in [-0.4, -0.2) is 20.1 Å². The van der Waals surface area contributed by atoms with E-state index in [-0.39, 0.29) is 5.75 Å². The van der Waals surface area contributed by atoms with Gasteiger partial charge in [0.25, 0.3) is 0 Å². The van der Waals surface area contributed by atoms with Gasteiger partial charge in [0.05, 0.1) is 5.69 Å². The van der Waals surface area contributed by atoms with E-state index < -0.39 is 0 Å². The molecule has 0 atom stereocenters. The van der Waals surface area contributed by atoms with Crippen molar-refractivity contribution in [3.63, 3.8) is 0 Å². The average Bonchev–Trinajstić information content (AvgIpc) is 2.59. The standard InChI is InChI=1S/C10H12N4O/c1-14-9(6-11)10(12-13-14)7-3-2-4-8(15)5-7/h2-5,15H,6,11H2,1H3. The molecule has 0 radical (unpaired) electrons. The van der Waals surface area contributed by atoms with Crippen molar-refractivity contribution in [3.05, 3.63) is 30.0 Å². The second kappa shape index (κ2) is 3.70. The van der Waals surface area contributed by atoms with E-state index in [1.54, 1.807) is 29.9 Å². The Morgan fingerprint density at radius 1 is 1.47 bits per heavy atom. The number of nitrogens with zero attached hydrogens (tertiary/aromatic N) is 3. The molecular formula is C10H12N4O. The number of rotatable bonds is 2. The summed E-state index contributed by atoms with van der Waals surface area (Å²) in [5.74, 6) is 0.209. The maximum Gasteiger partial charge on any atom is 0.117 e. The molecule has 0 aliphatic rings. The van der Waals surface area contributed by atoms with Gasteiger partial charge in [0, 0.05) is 19.2 Å². The number of hydrogen-bond donors (Lipinski definition) is 2. The molecule has 1 heterocycles. The molecule has 2 aromatic rings. The monoisotopic (exact) mass is 204 g/mol. The topological polar surface area (TPSA) is 77.0 Å². The van der Waals surface area contributed by atoms with Crippen LogP contribution < -0.4 is 5.73 Å². The van der Waals surface area contributed by atoms with E-state index in [0.29, 0.717) is 6.54 Å². The molecule has 0 amide bonds. The summed E-state index contributed by atoms with van der Waals surface area (Å²) in [4.78, 5) is 0. The molecule has 0 saturated carbocycles. The van der Waals surface area contributed by atoms with Crippen molar-refractivity contribution in [3.8, 4) is 17.0 Å². The lowest BCUT2D eigenvalue weighted by molar-refractivity contribution is 0.475. The highest BCUT2D eigenvalue weighted by molar-refractivity contribution is 5.62. The van der Waals surface area contributed by atoms with Crippen molar-refractivity contribution in [1.82, 2.24) is 15.0 Å². The molecule has 0 spiro atoms. The van der Waals surface area contributed by atoms with Gasteiger partial charge in [-0.2, -0.15) is 0 Å². The van der Waals surface area contributed by atoms with Crippen molar-refractivity contribution in [2.45, 2.75) is 6.54 Å². The van der Waals surface area contributed by atoms with Crippen LogP contribution in [0.25, 0.3) is 11.3 Å². The number of phenolic OH excluding ortho intramolecular Hbond substituents is 1. The molecule has 0 bridgehead atoms. The van der Waals surface area contributed by atoms with E-state index in [9.17, 15) is 5.11 Å². The normalized spacial score (nSPS) is 10.5. The Hall–Kier alpha value is -1.88. The number of phenols is 1. The molecule has 2 rings (SSSR count). The summed E-state index contributed by atoms with van der Waals surface area (Å²) in [5, 5.41) is 17.3. The van der Waals surface area contributed by atoms with E-state index in [1.807, 2.05) is 6.07 Å². The number of hydrogen-bond acceptors (Lipinski definition) is 4. The molecule has 0 fully saturated rings. The molecule has 1 aromatic heterocycles. The van der Waals surface area contributed by atoms with E-state index >= 15 is 0 Å². The molecule has 0 aliphatic heterocycles. The first-order chi connectivity index (χ1) is 7.22. The first kappa shape index (κ1) is 9.67. The van der Waals surface area contributed by atoms with Crippen LogP contribution in [0.3, 0.4) is 0 Å². The summed E-state index contributed by atoms with van der Waals surface area (Å²) in [6, 6.07) is 6.88. The van der Waals surface area contributed by atoms with E-state index in [0.717, 1.165) is 17.0 Å². The molecule has 5 nitrogen and oxygen atoms in total. The Morgan fingerprint density at radius 3 is 2.93 bits per heavy atom. The number of benzene rings is 1. The zero-order valence-corrected chi connectivity index (χ0v) is 8.38. The zero-order chi connectivity index (χ0) is 10.8. The lowest BCUT2D eigenvalue weighted by Gasteiger charge is -2.01. The summed E-state index contributed by atoms with van der Waals surface area (Å²) in [6.45, 7) is 0.370. The lowest BCUT2D eigenvalue weighted by atomic mass is 10.1. The highest BCUT2D eigenvalue weighted by Gasteiger charge is 2.11. The van der Waals surface area contributed by atoms with Crippen LogP contribution in [-0.2, 0) is 13.6 Å². The second-order valence-electron chi connectivity index (χ2n) is 3.26. The molecule has 1 aromatic carbocycles. The van der Waals surface area contributed by atoms with Gasteiger partial charge in [-0.25, -0.2) is 0 Å². The fraction of sp³-hybridized carbons (Fsp3) is 0.200. The summed E-state index contributed by atoms with van der Waals surface area (Å²) in [7, 11) is 1.79. The van der Waals surface area contributed by atoms with E-state index in [4.69, 9.17) is 5.73 Å². The predicted octanol–water partition coefficient (Wildman–Crippen LogP) is 0.646. The summed E-state index contributed by atoms with van der Waals surface area (Å²) in [6.07, 6.45) is 0. The van der Waals surface area contributed by atoms with Gasteiger partial charge in [-0.3, -0.25) is 4.68 Å². The summed E-state index contributed by atoms with van der Waals surface area (Å²) in [5.41, 5.74) is 8.00. The number of aryl methyl sites for hydroxylation is 1. The predicted molar refractivity (Wildman–Crippen MR) is 56.0 cm³/mol. The minimum absolute atomic E-state index is 0.209. The smallest absolute Gasteiger partial charge is 0.117 e. The third-order valence-electron chi connectivity index (χ3n) is 2.26. The Labute approximate surface area is 87.1 Å². The highest BCUT2D eigenvalue weighted by atomic mass is 16.3. The average molecular weight is 204 g/mol. The summed E-state index contributed by atoms with van der Waals surface area (Å²) >= 11 is 0. The minimum atomic E-state index is 0.209. The second-order valence-corrected chi connectivity index (χ2v) is 3.26. The molecule has 0 unspecified atom stereocenters. The molecule has 15 heavy (non-hydrogen) atoms. The van der Waals surface area contributed by atoms with Crippen LogP contribution >= 0.6 is 0 Å². The quantitative estimate of drug-likeness (QED) is 0.752. The maximum absolute atomic E-state index is 9.36. The molecule has 3 N–H and O–H groups in total. The van der Waals surface area contributed by atoms with Crippen molar-refractivity contribution < 1.29 is 5.11 Å². The van der Waals surface area contributed by atoms with Crippen LogP contribution in [0.5, 0.6) is 5.75 Å². The van der Waals surface area contributed by atoms with Crippen LogP contribution in [0.2, 0.25) is 0 Å².